The summed E-state index contributed by atoms with van der Waals surface area (Å²) in [6.45, 7) is 3.49. The van der Waals surface area contributed by atoms with Crippen LogP contribution in [0.25, 0.3) is 0 Å². The summed E-state index contributed by atoms with van der Waals surface area (Å²) in [6.07, 6.45) is 0. The minimum atomic E-state index is -0.576. The maximum atomic E-state index is 10.7. The summed E-state index contributed by atoms with van der Waals surface area (Å²) in [4.78, 5) is 14.3. The van der Waals surface area contributed by atoms with Crippen LogP contribution in [0.4, 0.5) is 5.69 Å². The van der Waals surface area contributed by atoms with Gasteiger partial charge in [0.05, 0.1) is 10.6 Å². The van der Waals surface area contributed by atoms with Gasteiger partial charge >= 0.3 is 0 Å². The third-order valence-corrected chi connectivity index (χ3v) is 3.05. The van der Waals surface area contributed by atoms with E-state index in [4.69, 9.17) is 21.6 Å². The number of hydrogen-bond donors (Lipinski definition) is 0. The van der Waals surface area contributed by atoms with Gasteiger partial charge in [-0.3, -0.25) is 15.1 Å². The Bertz CT molecular complexity index is 769. The van der Waals surface area contributed by atoms with Crippen molar-refractivity contribution >= 4 is 17.3 Å². The Balaban J connectivity index is 2.42. The number of pyridine rings is 1. The molecule has 1 heterocycles. The first-order valence-electron chi connectivity index (χ1n) is 5.92. The minimum Gasteiger partial charge on any atom is -0.456 e. The molecule has 7 heteroatoms. The van der Waals surface area contributed by atoms with Crippen LogP contribution in [-0.4, -0.2) is 9.91 Å². The fourth-order valence-electron chi connectivity index (χ4n) is 1.84. The van der Waals surface area contributed by atoms with Gasteiger partial charge in [-0.25, -0.2) is 0 Å². The predicted octanol–water partition coefficient (Wildman–Crippen LogP) is 3.92. The number of rotatable bonds is 3. The van der Waals surface area contributed by atoms with Gasteiger partial charge in [0.1, 0.15) is 28.2 Å². The van der Waals surface area contributed by atoms with Crippen molar-refractivity contribution in [3.8, 4) is 17.6 Å². The molecule has 0 saturated carbocycles. The molecule has 6 nitrogen and oxygen atoms in total. The smallest absolute Gasteiger partial charge is 0.288 e. The average Bonchev–Trinajstić information content (AvgIpc) is 2.37. The zero-order valence-electron chi connectivity index (χ0n) is 11.3. The normalized spacial score (nSPS) is 10.0. The molecule has 2 aromatic rings. The predicted molar refractivity (Wildman–Crippen MR) is 76.6 cm³/mol. The number of aryl methyl sites for hydroxylation is 2. The molecule has 1 aromatic carbocycles. The first-order chi connectivity index (χ1) is 9.92. The highest BCUT2D eigenvalue weighted by Crippen LogP contribution is 2.32. The van der Waals surface area contributed by atoms with Gasteiger partial charge in [0.15, 0.2) is 0 Å². The highest BCUT2D eigenvalue weighted by Gasteiger charge is 2.15. The molecule has 0 radical (unpaired) electrons. The van der Waals surface area contributed by atoms with Gasteiger partial charge in [0, 0.05) is 23.9 Å². The number of aromatic nitrogens is 1. The molecule has 0 N–H and O–H groups in total. The maximum absolute atomic E-state index is 10.7. The average molecular weight is 304 g/mol. The summed E-state index contributed by atoms with van der Waals surface area (Å²) in [7, 11) is 0. The summed E-state index contributed by atoms with van der Waals surface area (Å²) in [6, 6.07) is 7.67. The van der Waals surface area contributed by atoms with E-state index in [9.17, 15) is 10.1 Å². The van der Waals surface area contributed by atoms with E-state index < -0.39 is 4.92 Å². The molecule has 0 aliphatic rings. The van der Waals surface area contributed by atoms with E-state index in [1.54, 1.807) is 19.9 Å². The Morgan fingerprint density at radius 3 is 2.67 bits per heavy atom. The number of hydrogen-bond acceptors (Lipinski definition) is 5. The van der Waals surface area contributed by atoms with Crippen molar-refractivity contribution in [1.82, 2.24) is 4.98 Å². The first kappa shape index (κ1) is 14.8. The third kappa shape index (κ3) is 3.09. The lowest BCUT2D eigenvalue weighted by Crippen LogP contribution is -1.96. The lowest BCUT2D eigenvalue weighted by atomic mass is 10.2. The maximum Gasteiger partial charge on any atom is 0.288 e. The molecule has 0 aliphatic heterocycles. The standard InChI is InChI=1S/C14H10ClN3O3/c1-8-5-14(11(7-16)9(2)17-8)21-10-3-4-13(18(19)20)12(15)6-10/h3-6H,1-2H3. The first-order valence-corrected chi connectivity index (χ1v) is 6.30. The van der Waals surface area contributed by atoms with E-state index in [0.717, 1.165) is 0 Å². The van der Waals surface area contributed by atoms with Crippen LogP contribution in [0.1, 0.15) is 17.0 Å². The molecular formula is C14H10ClN3O3. The topological polar surface area (TPSA) is 89.0 Å². The van der Waals surface area contributed by atoms with Gasteiger partial charge in [-0.15, -0.1) is 0 Å². The zero-order valence-corrected chi connectivity index (χ0v) is 12.0. The number of ether oxygens (including phenoxy) is 1. The van der Waals surface area contributed by atoms with Crippen molar-refractivity contribution in [3.05, 3.63) is 56.4 Å². The van der Waals surface area contributed by atoms with Crippen LogP contribution in [0, 0.1) is 35.3 Å². The molecule has 0 amide bonds. The van der Waals surface area contributed by atoms with Crippen molar-refractivity contribution in [3.63, 3.8) is 0 Å². The summed E-state index contributed by atoms with van der Waals surface area (Å²) in [5.41, 5.74) is 1.37. The number of halogens is 1. The largest absolute Gasteiger partial charge is 0.456 e. The summed E-state index contributed by atoms with van der Waals surface area (Å²) in [5, 5.41) is 19.8. The Morgan fingerprint density at radius 1 is 1.38 bits per heavy atom. The Kier molecular flexibility index (Phi) is 4.05. The van der Waals surface area contributed by atoms with Gasteiger partial charge in [0.25, 0.3) is 5.69 Å². The third-order valence-electron chi connectivity index (χ3n) is 2.75. The fraction of sp³-hybridized carbons (Fsp3) is 0.143. The number of nitriles is 1. The number of nitro groups is 1. The molecule has 2 rings (SSSR count). The van der Waals surface area contributed by atoms with Gasteiger partial charge in [-0.05, 0) is 19.9 Å². The van der Waals surface area contributed by atoms with E-state index in [-0.39, 0.29) is 10.7 Å². The van der Waals surface area contributed by atoms with Crippen LogP contribution in [-0.2, 0) is 0 Å². The molecule has 1 aromatic heterocycles. The van der Waals surface area contributed by atoms with E-state index >= 15 is 0 Å². The van der Waals surface area contributed by atoms with Crippen LogP contribution in [0.3, 0.4) is 0 Å². The number of nitrogens with zero attached hydrogens (tertiary/aromatic N) is 3. The van der Waals surface area contributed by atoms with Crippen LogP contribution < -0.4 is 4.74 Å². The van der Waals surface area contributed by atoms with Gasteiger partial charge < -0.3 is 4.74 Å². The minimum absolute atomic E-state index is 0.0292. The van der Waals surface area contributed by atoms with Gasteiger partial charge in [0.2, 0.25) is 0 Å². The number of nitro benzene ring substituents is 1. The van der Waals surface area contributed by atoms with Gasteiger partial charge in [-0.2, -0.15) is 5.26 Å². The Hall–Kier alpha value is -2.65. The summed E-state index contributed by atoms with van der Waals surface area (Å²) < 4.78 is 5.61. The van der Waals surface area contributed by atoms with Crippen molar-refractivity contribution in [1.29, 1.82) is 5.26 Å². The molecule has 0 aliphatic carbocycles. The quantitative estimate of drug-likeness (QED) is 0.633. The highest BCUT2D eigenvalue weighted by atomic mass is 35.5. The van der Waals surface area contributed by atoms with Crippen molar-refractivity contribution in [2.45, 2.75) is 13.8 Å². The Labute approximate surface area is 125 Å². The molecule has 21 heavy (non-hydrogen) atoms. The van der Waals surface area contributed by atoms with E-state index in [2.05, 4.69) is 4.98 Å². The molecule has 106 valence electrons. The molecule has 0 atom stereocenters. The van der Waals surface area contributed by atoms with Crippen LogP contribution in [0.2, 0.25) is 5.02 Å². The SMILES string of the molecule is Cc1cc(Oc2ccc([N+](=O)[O-])c(Cl)c2)c(C#N)c(C)n1. The molecule has 0 spiro atoms. The molecular weight excluding hydrogens is 294 g/mol. The Morgan fingerprint density at radius 2 is 2.10 bits per heavy atom. The molecule has 0 bridgehead atoms. The second-order valence-corrected chi connectivity index (χ2v) is 4.71. The van der Waals surface area contributed by atoms with E-state index in [0.29, 0.717) is 28.5 Å². The van der Waals surface area contributed by atoms with E-state index in [1.807, 2.05) is 6.07 Å². The van der Waals surface area contributed by atoms with Crippen LogP contribution in [0.5, 0.6) is 11.5 Å². The summed E-state index contributed by atoms with van der Waals surface area (Å²) in [5.74, 6) is 0.652. The van der Waals surface area contributed by atoms with Crippen molar-refractivity contribution < 1.29 is 9.66 Å². The van der Waals surface area contributed by atoms with Gasteiger partial charge in [-0.1, -0.05) is 11.6 Å². The number of benzene rings is 1. The lowest BCUT2D eigenvalue weighted by Gasteiger charge is -2.10. The van der Waals surface area contributed by atoms with Crippen molar-refractivity contribution in [2.24, 2.45) is 0 Å². The molecule has 0 fully saturated rings. The summed E-state index contributed by atoms with van der Waals surface area (Å²) >= 11 is 5.83. The second kappa shape index (κ2) is 5.77. The molecule has 0 saturated heterocycles. The van der Waals surface area contributed by atoms with Crippen molar-refractivity contribution in [2.75, 3.05) is 0 Å². The van der Waals surface area contributed by atoms with E-state index in [1.165, 1.54) is 18.2 Å². The van der Waals surface area contributed by atoms with Crippen LogP contribution in [0.15, 0.2) is 24.3 Å². The fourth-order valence-corrected chi connectivity index (χ4v) is 2.08. The van der Waals surface area contributed by atoms with Crippen LogP contribution >= 0.6 is 11.6 Å². The zero-order chi connectivity index (χ0) is 15.6. The highest BCUT2D eigenvalue weighted by molar-refractivity contribution is 6.32. The monoisotopic (exact) mass is 303 g/mol. The second-order valence-electron chi connectivity index (χ2n) is 4.31. The lowest BCUT2D eigenvalue weighted by molar-refractivity contribution is -0.384. The molecule has 0 unspecified atom stereocenters.